The molecule has 30 heavy (non-hydrogen) atoms. The van der Waals surface area contributed by atoms with Crippen LogP contribution in [0.15, 0.2) is 79.0 Å². The molecule has 3 aromatic carbocycles. The van der Waals surface area contributed by atoms with Crippen LogP contribution >= 0.6 is 0 Å². The maximum absolute atomic E-state index is 12.6. The van der Waals surface area contributed by atoms with Crippen molar-refractivity contribution in [3.8, 4) is 0 Å². The van der Waals surface area contributed by atoms with Crippen molar-refractivity contribution >= 4 is 33.8 Å². The molecule has 0 amide bonds. The third-order valence-corrected chi connectivity index (χ3v) is 5.14. The molecule has 0 radical (unpaired) electrons. The summed E-state index contributed by atoms with van der Waals surface area (Å²) in [5, 5.41) is 4.59. The van der Waals surface area contributed by atoms with Gasteiger partial charge in [0.1, 0.15) is 0 Å². The molecule has 4 aromatic rings. The highest BCUT2D eigenvalue weighted by Crippen LogP contribution is 2.25. The summed E-state index contributed by atoms with van der Waals surface area (Å²) in [6.07, 6.45) is 2.21. The Balaban J connectivity index is 1.50. The Labute approximate surface area is 175 Å². The van der Waals surface area contributed by atoms with Crippen molar-refractivity contribution in [3.63, 3.8) is 0 Å². The van der Waals surface area contributed by atoms with Crippen molar-refractivity contribution in [2.24, 2.45) is 0 Å². The number of anilines is 2. The predicted molar refractivity (Wildman–Crippen MR) is 119 cm³/mol. The second-order valence-electron chi connectivity index (χ2n) is 7.50. The summed E-state index contributed by atoms with van der Waals surface area (Å²) in [5.41, 5.74) is 6.31. The van der Waals surface area contributed by atoms with Gasteiger partial charge in [-0.3, -0.25) is 9.59 Å². The summed E-state index contributed by atoms with van der Waals surface area (Å²) < 4.78 is 0. The van der Waals surface area contributed by atoms with Crippen LogP contribution in [-0.4, -0.2) is 11.6 Å². The number of pyridine rings is 1. The van der Waals surface area contributed by atoms with Crippen LogP contribution in [0, 0.1) is 6.92 Å². The number of rotatable bonds is 6. The van der Waals surface area contributed by atoms with E-state index in [2.05, 4.69) is 35.4 Å². The van der Waals surface area contributed by atoms with E-state index in [1.54, 1.807) is 24.3 Å². The molecular formula is C26H23N2O2+. The topological polar surface area (TPSA) is 60.3 Å². The van der Waals surface area contributed by atoms with Crippen LogP contribution in [0.5, 0.6) is 0 Å². The second-order valence-corrected chi connectivity index (χ2v) is 7.50. The highest BCUT2D eigenvalue weighted by molar-refractivity contribution is 6.01. The summed E-state index contributed by atoms with van der Waals surface area (Å²) in [5.74, 6) is -0.0415. The Hall–Kier alpha value is -3.79. The number of hydrogen-bond acceptors (Lipinski definition) is 3. The molecule has 0 unspecified atom stereocenters. The van der Waals surface area contributed by atoms with Gasteiger partial charge >= 0.3 is 0 Å². The monoisotopic (exact) mass is 395 g/mol. The fourth-order valence-electron chi connectivity index (χ4n) is 3.48. The summed E-state index contributed by atoms with van der Waals surface area (Å²) in [6.45, 7) is 3.58. The lowest BCUT2D eigenvalue weighted by Gasteiger charge is -2.09. The normalized spacial score (nSPS) is 10.7. The standard InChI is InChI=1S/C26H22N2O2/c1-17-6-11-24-23(14-17)25(12-13-27-24)28-22-9-7-19(8-10-22)15-26(30)21-5-3-4-20(16-21)18(2)29/h3-14,16H,15H2,1-2H3,(H,27,28)/p+1. The average Bonchev–Trinajstić information content (AvgIpc) is 2.75. The maximum Gasteiger partial charge on any atom is 0.212 e. The van der Waals surface area contributed by atoms with E-state index >= 15 is 0 Å². The van der Waals surface area contributed by atoms with Crippen molar-refractivity contribution in [2.75, 3.05) is 5.32 Å². The highest BCUT2D eigenvalue weighted by Gasteiger charge is 2.10. The van der Waals surface area contributed by atoms with Gasteiger partial charge in [-0.15, -0.1) is 0 Å². The van der Waals surface area contributed by atoms with Crippen LogP contribution in [0.25, 0.3) is 10.9 Å². The molecule has 0 aliphatic heterocycles. The number of fused-ring (bicyclic) bond motifs is 1. The minimum Gasteiger partial charge on any atom is -0.355 e. The summed E-state index contributed by atoms with van der Waals surface area (Å²) in [4.78, 5) is 27.4. The lowest BCUT2D eigenvalue weighted by atomic mass is 10.00. The largest absolute Gasteiger partial charge is 0.355 e. The molecule has 2 N–H and O–H groups in total. The first kappa shape index (κ1) is 19.5. The second kappa shape index (κ2) is 8.29. The Morgan fingerprint density at radius 2 is 1.67 bits per heavy atom. The zero-order chi connectivity index (χ0) is 21.1. The van der Waals surface area contributed by atoms with Crippen LogP contribution in [0.4, 0.5) is 11.4 Å². The SMILES string of the molecule is CC(=O)c1cccc(C(=O)Cc2ccc(Nc3cc[nH+]c4ccc(C)cc34)cc2)c1. The van der Waals surface area contributed by atoms with Gasteiger partial charge in [-0.05, 0) is 49.2 Å². The number of carbonyl (C=O) groups excluding carboxylic acids is 2. The number of aromatic nitrogens is 1. The van der Waals surface area contributed by atoms with Crippen molar-refractivity contribution in [3.05, 3.63) is 101 Å². The molecular weight excluding hydrogens is 372 g/mol. The van der Waals surface area contributed by atoms with E-state index in [4.69, 9.17) is 0 Å². The molecule has 0 fully saturated rings. The number of aromatic amines is 1. The van der Waals surface area contributed by atoms with Crippen molar-refractivity contribution in [1.82, 2.24) is 0 Å². The molecule has 4 heteroatoms. The van der Waals surface area contributed by atoms with Crippen LogP contribution in [0.1, 0.15) is 38.8 Å². The molecule has 0 bridgehead atoms. The number of nitrogens with one attached hydrogen (secondary N) is 2. The molecule has 0 spiro atoms. The molecule has 1 aromatic heterocycles. The van der Waals surface area contributed by atoms with E-state index in [9.17, 15) is 9.59 Å². The van der Waals surface area contributed by atoms with Gasteiger partial charge in [-0.1, -0.05) is 36.4 Å². The Kier molecular flexibility index (Phi) is 5.40. The fourth-order valence-corrected chi connectivity index (χ4v) is 3.48. The Bertz CT molecular complexity index is 1240. The molecule has 0 aliphatic carbocycles. The average molecular weight is 395 g/mol. The minimum atomic E-state index is -0.0405. The number of Topliss-reactive ketones (excluding diaryl/α,β-unsaturated/α-hetero) is 2. The first-order valence-corrected chi connectivity index (χ1v) is 9.91. The number of ketones is 2. The first-order chi connectivity index (χ1) is 14.5. The predicted octanol–water partition coefficient (Wildman–Crippen LogP) is 5.33. The maximum atomic E-state index is 12.6. The summed E-state index contributed by atoms with van der Waals surface area (Å²) in [6, 6.07) is 23.1. The number of aryl methyl sites for hydroxylation is 1. The van der Waals surface area contributed by atoms with Crippen LogP contribution in [-0.2, 0) is 6.42 Å². The molecule has 1 heterocycles. The molecule has 4 rings (SSSR count). The van der Waals surface area contributed by atoms with Gasteiger partial charge < -0.3 is 5.32 Å². The number of carbonyl (C=O) groups is 2. The van der Waals surface area contributed by atoms with Crippen LogP contribution in [0.2, 0.25) is 0 Å². The molecule has 148 valence electrons. The molecule has 0 atom stereocenters. The molecule has 4 nitrogen and oxygen atoms in total. The molecule has 0 saturated carbocycles. The van der Waals surface area contributed by atoms with Gasteiger partial charge in [0.25, 0.3) is 0 Å². The molecule has 0 saturated heterocycles. The zero-order valence-corrected chi connectivity index (χ0v) is 17.0. The number of benzene rings is 3. The minimum absolute atomic E-state index is 0.00104. The van der Waals surface area contributed by atoms with Crippen molar-refractivity contribution < 1.29 is 14.6 Å². The lowest BCUT2D eigenvalue weighted by Crippen LogP contribution is -2.06. The van der Waals surface area contributed by atoms with E-state index in [0.29, 0.717) is 17.5 Å². The smallest absolute Gasteiger partial charge is 0.212 e. The third kappa shape index (κ3) is 4.28. The molecule has 0 aliphatic rings. The van der Waals surface area contributed by atoms with E-state index in [1.807, 2.05) is 36.5 Å². The Morgan fingerprint density at radius 1 is 0.900 bits per heavy atom. The van der Waals surface area contributed by atoms with E-state index in [0.717, 1.165) is 27.8 Å². The third-order valence-electron chi connectivity index (χ3n) is 5.14. The van der Waals surface area contributed by atoms with E-state index in [1.165, 1.54) is 12.5 Å². The van der Waals surface area contributed by atoms with Gasteiger partial charge in [0.15, 0.2) is 17.8 Å². The van der Waals surface area contributed by atoms with Gasteiger partial charge in [-0.2, -0.15) is 0 Å². The van der Waals surface area contributed by atoms with Crippen LogP contribution < -0.4 is 10.3 Å². The highest BCUT2D eigenvalue weighted by atomic mass is 16.1. The Morgan fingerprint density at radius 3 is 2.43 bits per heavy atom. The number of H-pyrrole nitrogens is 1. The summed E-state index contributed by atoms with van der Waals surface area (Å²) in [7, 11) is 0. The first-order valence-electron chi connectivity index (χ1n) is 9.91. The van der Waals surface area contributed by atoms with Gasteiger partial charge in [0, 0.05) is 35.4 Å². The van der Waals surface area contributed by atoms with E-state index < -0.39 is 0 Å². The fraction of sp³-hybridized carbons (Fsp3) is 0.115. The van der Waals surface area contributed by atoms with E-state index in [-0.39, 0.29) is 11.6 Å². The zero-order valence-electron chi connectivity index (χ0n) is 17.0. The quantitative estimate of drug-likeness (QED) is 0.449. The van der Waals surface area contributed by atoms with Crippen LogP contribution in [0.3, 0.4) is 0 Å². The van der Waals surface area contributed by atoms with Crippen molar-refractivity contribution in [2.45, 2.75) is 20.3 Å². The summed E-state index contributed by atoms with van der Waals surface area (Å²) >= 11 is 0. The van der Waals surface area contributed by atoms with Gasteiger partial charge in [0.05, 0.1) is 11.1 Å². The number of hydrogen-bond donors (Lipinski definition) is 1. The van der Waals surface area contributed by atoms with Gasteiger partial charge in [-0.25, -0.2) is 4.98 Å². The lowest BCUT2D eigenvalue weighted by molar-refractivity contribution is -0.344. The van der Waals surface area contributed by atoms with Gasteiger partial charge in [0.2, 0.25) is 5.52 Å². The van der Waals surface area contributed by atoms with Crippen molar-refractivity contribution in [1.29, 1.82) is 0 Å².